The van der Waals surface area contributed by atoms with Gasteiger partial charge in [0.05, 0.1) is 23.0 Å². The molecule has 0 radical (unpaired) electrons. The molecule has 1 N–H and O–H groups in total. The van der Waals surface area contributed by atoms with Gasteiger partial charge in [0.15, 0.2) is 0 Å². The van der Waals surface area contributed by atoms with E-state index in [1.54, 1.807) is 24.4 Å². The summed E-state index contributed by atoms with van der Waals surface area (Å²) in [6.45, 7) is 1.99. The molecule has 0 atom stereocenters. The monoisotopic (exact) mass is 477 g/mol. The fourth-order valence-corrected chi connectivity index (χ4v) is 3.46. The zero-order valence-corrected chi connectivity index (χ0v) is 18.4. The minimum Gasteiger partial charge on any atom is -0.267 e. The second-order valence-electron chi connectivity index (χ2n) is 6.83. The fourth-order valence-electron chi connectivity index (χ4n) is 3.07. The fraction of sp³-hybridized carbons (Fsp3) is 0.0417. The standard InChI is InChI=1S/C24H17BrClN3O/c1-15-2-11-22-20(12-15)21(13-23(28-22)17-5-7-18(25)8-6-17)24(30)29-27-14-16-3-9-19(26)10-4-16/h2-14H,1H3,(H,29,30). The number of halogens is 2. The third kappa shape index (κ3) is 4.58. The first kappa shape index (κ1) is 20.3. The van der Waals surface area contributed by atoms with Crippen LogP contribution in [0.4, 0.5) is 0 Å². The van der Waals surface area contributed by atoms with Crippen LogP contribution in [0.3, 0.4) is 0 Å². The molecule has 0 spiro atoms. The SMILES string of the molecule is Cc1ccc2nc(-c3ccc(Br)cc3)cc(C(=O)NN=Cc3ccc(Cl)cc3)c2c1. The second-order valence-corrected chi connectivity index (χ2v) is 8.19. The summed E-state index contributed by atoms with van der Waals surface area (Å²) in [6, 6.07) is 22.7. The lowest BCUT2D eigenvalue weighted by Gasteiger charge is -2.10. The maximum atomic E-state index is 13.0. The summed E-state index contributed by atoms with van der Waals surface area (Å²) in [6.07, 6.45) is 1.58. The van der Waals surface area contributed by atoms with Crippen molar-refractivity contribution in [3.63, 3.8) is 0 Å². The Morgan fingerprint density at radius 2 is 1.77 bits per heavy atom. The molecule has 6 heteroatoms. The van der Waals surface area contributed by atoms with E-state index in [4.69, 9.17) is 16.6 Å². The summed E-state index contributed by atoms with van der Waals surface area (Å²) in [5, 5.41) is 5.53. The number of hydrazone groups is 1. The van der Waals surface area contributed by atoms with E-state index in [9.17, 15) is 4.79 Å². The lowest BCUT2D eigenvalue weighted by Crippen LogP contribution is -2.18. The van der Waals surface area contributed by atoms with Crippen molar-refractivity contribution in [1.82, 2.24) is 10.4 Å². The van der Waals surface area contributed by atoms with E-state index < -0.39 is 0 Å². The van der Waals surface area contributed by atoms with Gasteiger partial charge >= 0.3 is 0 Å². The molecule has 0 aliphatic heterocycles. The topological polar surface area (TPSA) is 54.4 Å². The Labute approximate surface area is 187 Å². The van der Waals surface area contributed by atoms with E-state index in [1.165, 1.54) is 0 Å². The molecule has 1 heterocycles. The minimum atomic E-state index is -0.295. The van der Waals surface area contributed by atoms with Gasteiger partial charge < -0.3 is 0 Å². The van der Waals surface area contributed by atoms with E-state index in [2.05, 4.69) is 26.5 Å². The smallest absolute Gasteiger partial charge is 0.267 e. The van der Waals surface area contributed by atoms with Crippen LogP contribution in [-0.4, -0.2) is 17.1 Å². The normalized spacial score (nSPS) is 11.2. The highest BCUT2D eigenvalue weighted by Crippen LogP contribution is 2.26. The van der Waals surface area contributed by atoms with Gasteiger partial charge in [0.1, 0.15) is 0 Å². The van der Waals surface area contributed by atoms with Crippen LogP contribution in [0, 0.1) is 6.92 Å². The molecule has 0 saturated heterocycles. The predicted molar refractivity (Wildman–Crippen MR) is 126 cm³/mol. The van der Waals surface area contributed by atoms with Crippen LogP contribution >= 0.6 is 27.5 Å². The third-order valence-corrected chi connectivity index (χ3v) is 5.38. The van der Waals surface area contributed by atoms with E-state index >= 15 is 0 Å². The van der Waals surface area contributed by atoms with Crippen LogP contribution in [0.1, 0.15) is 21.5 Å². The first-order chi connectivity index (χ1) is 14.5. The second kappa shape index (κ2) is 8.78. The number of nitrogens with zero attached hydrogens (tertiary/aromatic N) is 2. The minimum absolute atomic E-state index is 0.295. The van der Waals surface area contributed by atoms with Crippen molar-refractivity contribution in [1.29, 1.82) is 0 Å². The Hall–Kier alpha value is -3.02. The van der Waals surface area contributed by atoms with E-state index in [0.717, 1.165) is 37.8 Å². The highest BCUT2D eigenvalue weighted by atomic mass is 79.9. The molecule has 0 aliphatic rings. The molecule has 0 fully saturated rings. The number of benzene rings is 3. The van der Waals surface area contributed by atoms with Gasteiger partial charge in [0.25, 0.3) is 5.91 Å². The van der Waals surface area contributed by atoms with Gasteiger partial charge in [-0.2, -0.15) is 5.10 Å². The first-order valence-corrected chi connectivity index (χ1v) is 10.4. The zero-order valence-electron chi connectivity index (χ0n) is 16.1. The van der Waals surface area contributed by atoms with E-state index in [1.807, 2.05) is 61.5 Å². The van der Waals surface area contributed by atoms with Crippen molar-refractivity contribution in [2.45, 2.75) is 6.92 Å². The molecule has 0 unspecified atom stereocenters. The molecule has 148 valence electrons. The average molecular weight is 479 g/mol. The molecule has 0 saturated carbocycles. The highest BCUT2D eigenvalue weighted by molar-refractivity contribution is 9.10. The van der Waals surface area contributed by atoms with Crippen molar-refractivity contribution in [2.24, 2.45) is 5.10 Å². The van der Waals surface area contributed by atoms with Crippen molar-refractivity contribution >= 4 is 50.6 Å². The number of nitrogens with one attached hydrogen (secondary N) is 1. The molecule has 0 bridgehead atoms. The van der Waals surface area contributed by atoms with E-state index in [0.29, 0.717) is 10.6 Å². The number of carbonyl (C=O) groups excluding carboxylic acids is 1. The average Bonchev–Trinajstić information content (AvgIpc) is 2.75. The number of carbonyl (C=O) groups is 1. The molecular weight excluding hydrogens is 462 g/mol. The van der Waals surface area contributed by atoms with Crippen LogP contribution < -0.4 is 5.43 Å². The number of hydrogen-bond acceptors (Lipinski definition) is 3. The molecule has 4 nitrogen and oxygen atoms in total. The molecule has 1 aromatic heterocycles. The Balaban J connectivity index is 1.70. The molecule has 1 amide bonds. The molecule has 4 aromatic rings. The molecular formula is C24H17BrClN3O. The maximum Gasteiger partial charge on any atom is 0.272 e. The summed E-state index contributed by atoms with van der Waals surface area (Å²) < 4.78 is 0.983. The number of aryl methyl sites for hydroxylation is 1. The van der Waals surface area contributed by atoms with Gasteiger partial charge in [-0.1, -0.05) is 63.4 Å². The van der Waals surface area contributed by atoms with Gasteiger partial charge in [-0.15, -0.1) is 0 Å². The summed E-state index contributed by atoms with van der Waals surface area (Å²) in [4.78, 5) is 17.7. The summed E-state index contributed by atoms with van der Waals surface area (Å²) in [5.74, 6) is -0.295. The van der Waals surface area contributed by atoms with Crippen LogP contribution in [-0.2, 0) is 0 Å². The van der Waals surface area contributed by atoms with Crippen molar-refractivity contribution in [3.05, 3.63) is 99.0 Å². The summed E-state index contributed by atoms with van der Waals surface area (Å²) >= 11 is 9.34. The highest BCUT2D eigenvalue weighted by Gasteiger charge is 2.14. The maximum absolute atomic E-state index is 13.0. The van der Waals surface area contributed by atoms with Crippen LogP contribution in [0.15, 0.2) is 82.4 Å². The van der Waals surface area contributed by atoms with E-state index in [-0.39, 0.29) is 5.91 Å². The molecule has 30 heavy (non-hydrogen) atoms. The van der Waals surface area contributed by atoms with Gasteiger partial charge in [-0.25, -0.2) is 10.4 Å². The number of hydrogen-bond donors (Lipinski definition) is 1. The zero-order chi connectivity index (χ0) is 21.1. The third-order valence-electron chi connectivity index (χ3n) is 4.60. The number of amides is 1. The molecule has 0 aliphatic carbocycles. The van der Waals surface area contributed by atoms with Crippen LogP contribution in [0.2, 0.25) is 5.02 Å². The Morgan fingerprint density at radius 3 is 2.50 bits per heavy atom. The molecule has 4 rings (SSSR count). The number of pyridine rings is 1. The predicted octanol–water partition coefficient (Wildman–Crippen LogP) is 6.39. The quantitative estimate of drug-likeness (QED) is 0.273. The lowest BCUT2D eigenvalue weighted by atomic mass is 10.0. The number of aromatic nitrogens is 1. The lowest BCUT2D eigenvalue weighted by molar-refractivity contribution is 0.0957. The van der Waals surface area contributed by atoms with Crippen LogP contribution in [0.5, 0.6) is 0 Å². The van der Waals surface area contributed by atoms with Gasteiger partial charge in [0.2, 0.25) is 0 Å². The van der Waals surface area contributed by atoms with Crippen LogP contribution in [0.25, 0.3) is 22.2 Å². The largest absolute Gasteiger partial charge is 0.272 e. The first-order valence-electron chi connectivity index (χ1n) is 9.26. The number of fused-ring (bicyclic) bond motifs is 1. The summed E-state index contributed by atoms with van der Waals surface area (Å²) in [5.41, 5.74) is 7.46. The number of rotatable bonds is 4. The van der Waals surface area contributed by atoms with Crippen molar-refractivity contribution in [3.8, 4) is 11.3 Å². The summed E-state index contributed by atoms with van der Waals surface area (Å²) in [7, 11) is 0. The Bertz CT molecular complexity index is 1250. The molecule has 3 aromatic carbocycles. The Kier molecular flexibility index (Phi) is 5.93. The van der Waals surface area contributed by atoms with Gasteiger partial charge in [0, 0.05) is 20.4 Å². The van der Waals surface area contributed by atoms with Gasteiger partial charge in [-0.3, -0.25) is 4.79 Å². The van der Waals surface area contributed by atoms with Crippen molar-refractivity contribution < 1.29 is 4.79 Å². The van der Waals surface area contributed by atoms with Gasteiger partial charge in [-0.05, 0) is 55.0 Å². The Morgan fingerprint density at radius 1 is 1.03 bits per heavy atom. The van der Waals surface area contributed by atoms with Crippen molar-refractivity contribution in [2.75, 3.05) is 0 Å².